The van der Waals surface area contributed by atoms with Crippen molar-refractivity contribution in [3.63, 3.8) is 0 Å². The topological polar surface area (TPSA) is 103 Å². The van der Waals surface area contributed by atoms with Crippen LogP contribution in [0, 0.1) is 17.2 Å². The summed E-state index contributed by atoms with van der Waals surface area (Å²) in [5.74, 6) is -2.45. The van der Waals surface area contributed by atoms with E-state index in [9.17, 15) is 14.7 Å². The lowest BCUT2D eigenvalue weighted by Gasteiger charge is -2.21. The average molecular weight is 361 g/mol. The molecule has 0 aliphatic rings. The van der Waals surface area contributed by atoms with Gasteiger partial charge in [0.1, 0.15) is 11.3 Å². The molecule has 0 aliphatic carbocycles. The van der Waals surface area contributed by atoms with Gasteiger partial charge in [-0.1, -0.05) is 30.7 Å². The Balaban J connectivity index is 2.65. The van der Waals surface area contributed by atoms with Crippen LogP contribution in [-0.4, -0.2) is 24.0 Å². The molecule has 2 rings (SSSR count). The van der Waals surface area contributed by atoms with Crippen molar-refractivity contribution in [1.82, 2.24) is 5.32 Å². The Bertz CT molecular complexity index is 838. The molecule has 0 saturated heterocycles. The molecule has 0 radical (unpaired) electrons. The zero-order valence-electron chi connectivity index (χ0n) is 13.7. The zero-order chi connectivity index (χ0) is 18.6. The van der Waals surface area contributed by atoms with Gasteiger partial charge in [0.15, 0.2) is 5.76 Å². The van der Waals surface area contributed by atoms with Gasteiger partial charge in [0.25, 0.3) is 5.91 Å². The molecule has 2 N–H and O–H groups in total. The smallest absolute Gasteiger partial charge is 0.339 e. The minimum atomic E-state index is -1.20. The summed E-state index contributed by atoms with van der Waals surface area (Å²) < 4.78 is 5.61. The second kappa shape index (κ2) is 7.86. The van der Waals surface area contributed by atoms with Crippen LogP contribution in [0.2, 0.25) is 5.02 Å². The molecule has 0 saturated carbocycles. The van der Waals surface area contributed by atoms with Crippen LogP contribution in [0.4, 0.5) is 0 Å². The highest BCUT2D eigenvalue weighted by Gasteiger charge is 2.31. The predicted octanol–water partition coefficient (Wildman–Crippen LogP) is 3.67. The first kappa shape index (κ1) is 18.6. The van der Waals surface area contributed by atoms with E-state index in [2.05, 4.69) is 11.4 Å². The van der Waals surface area contributed by atoms with E-state index in [-0.39, 0.29) is 29.4 Å². The minimum absolute atomic E-state index is 0.0916. The number of nitrogens with one attached hydrogen (secondary N) is 1. The van der Waals surface area contributed by atoms with Gasteiger partial charge in [0, 0.05) is 30.5 Å². The number of carboxylic acids is 1. The number of carbonyl (C=O) groups excluding carboxylic acids is 1. The highest BCUT2D eigenvalue weighted by molar-refractivity contribution is 6.30. The van der Waals surface area contributed by atoms with E-state index in [0.717, 1.165) is 5.56 Å². The molecule has 0 spiro atoms. The predicted molar refractivity (Wildman–Crippen MR) is 91.7 cm³/mol. The molecule has 0 bridgehead atoms. The fourth-order valence-corrected chi connectivity index (χ4v) is 2.94. The molecule has 0 aliphatic heterocycles. The highest BCUT2D eigenvalue weighted by Crippen LogP contribution is 2.38. The second-order valence-electron chi connectivity index (χ2n) is 5.65. The molecular weight excluding hydrogens is 344 g/mol. The normalized spacial score (nSPS) is 12.9. The maximum Gasteiger partial charge on any atom is 0.339 e. The van der Waals surface area contributed by atoms with Gasteiger partial charge in [-0.15, -0.1) is 0 Å². The lowest BCUT2D eigenvalue weighted by molar-refractivity contribution is 0.0693. The molecule has 1 aromatic carbocycles. The van der Waals surface area contributed by atoms with Gasteiger partial charge in [-0.2, -0.15) is 5.26 Å². The van der Waals surface area contributed by atoms with E-state index < -0.39 is 17.8 Å². The minimum Gasteiger partial charge on any atom is -0.478 e. The number of carboxylic acid groups (broad SMARTS) is 1. The molecule has 2 atom stereocenters. The number of furan rings is 1. The summed E-state index contributed by atoms with van der Waals surface area (Å²) in [4.78, 5) is 23.5. The molecule has 6 nitrogen and oxygen atoms in total. The Morgan fingerprint density at radius 1 is 1.40 bits per heavy atom. The number of nitrogens with zero attached hydrogens (tertiary/aromatic N) is 1. The summed E-state index contributed by atoms with van der Waals surface area (Å²) in [7, 11) is 1.43. The van der Waals surface area contributed by atoms with Crippen molar-refractivity contribution in [2.75, 3.05) is 7.05 Å². The number of hydrogen-bond donors (Lipinski definition) is 2. The van der Waals surface area contributed by atoms with Gasteiger partial charge in [0.2, 0.25) is 0 Å². The van der Waals surface area contributed by atoms with Gasteiger partial charge in [-0.25, -0.2) is 4.79 Å². The van der Waals surface area contributed by atoms with Crippen LogP contribution in [0.5, 0.6) is 0 Å². The van der Waals surface area contributed by atoms with E-state index in [1.807, 2.05) is 6.92 Å². The van der Waals surface area contributed by atoms with Gasteiger partial charge in [-0.3, -0.25) is 4.79 Å². The first-order chi connectivity index (χ1) is 11.9. The highest BCUT2D eigenvalue weighted by atomic mass is 35.5. The third-order valence-electron chi connectivity index (χ3n) is 3.91. The number of rotatable bonds is 6. The Morgan fingerprint density at radius 2 is 2.12 bits per heavy atom. The van der Waals surface area contributed by atoms with E-state index in [4.69, 9.17) is 21.3 Å². The zero-order valence-corrected chi connectivity index (χ0v) is 14.5. The first-order valence-corrected chi connectivity index (χ1v) is 7.98. The fraction of sp³-hybridized carbons (Fsp3) is 0.278. The Labute approximate surface area is 150 Å². The number of aromatic carboxylic acids is 1. The first-order valence-electron chi connectivity index (χ1n) is 7.60. The third-order valence-corrected chi connectivity index (χ3v) is 4.15. The molecular formula is C18H17ClN2O4. The lowest BCUT2D eigenvalue weighted by Crippen LogP contribution is -2.17. The molecule has 2 aromatic rings. The maximum absolute atomic E-state index is 11.8. The van der Waals surface area contributed by atoms with Crippen LogP contribution in [0.15, 0.2) is 34.7 Å². The van der Waals surface area contributed by atoms with E-state index in [1.165, 1.54) is 13.1 Å². The van der Waals surface area contributed by atoms with Crippen LogP contribution < -0.4 is 5.32 Å². The van der Waals surface area contributed by atoms with E-state index in [1.54, 1.807) is 24.3 Å². The van der Waals surface area contributed by atoms with Crippen LogP contribution in [0.25, 0.3) is 0 Å². The van der Waals surface area contributed by atoms with Crippen molar-refractivity contribution in [3.05, 3.63) is 58.0 Å². The molecule has 2 unspecified atom stereocenters. The summed E-state index contributed by atoms with van der Waals surface area (Å²) in [6, 6.07) is 10.2. The summed E-state index contributed by atoms with van der Waals surface area (Å²) in [6.07, 6.45) is 0.187. The number of halogens is 1. The monoisotopic (exact) mass is 360 g/mol. The average Bonchev–Trinajstić information content (AvgIpc) is 3.00. The Hall–Kier alpha value is -2.78. The van der Waals surface area contributed by atoms with Crippen molar-refractivity contribution in [2.45, 2.75) is 19.3 Å². The van der Waals surface area contributed by atoms with Gasteiger partial charge < -0.3 is 14.8 Å². The molecule has 1 aromatic heterocycles. The largest absolute Gasteiger partial charge is 0.478 e. The van der Waals surface area contributed by atoms with Crippen LogP contribution in [-0.2, 0) is 0 Å². The van der Waals surface area contributed by atoms with Crippen molar-refractivity contribution in [1.29, 1.82) is 5.26 Å². The summed E-state index contributed by atoms with van der Waals surface area (Å²) >= 11 is 6.06. The lowest BCUT2D eigenvalue weighted by atomic mass is 9.82. The number of amides is 1. The van der Waals surface area contributed by atoms with Crippen LogP contribution in [0.3, 0.4) is 0 Å². The molecule has 7 heteroatoms. The Kier molecular flexibility index (Phi) is 5.84. The van der Waals surface area contributed by atoms with E-state index in [0.29, 0.717) is 5.02 Å². The molecule has 25 heavy (non-hydrogen) atoms. The SMILES string of the molecule is CNC(=O)c1cc(C(=O)O)c(C(c2cccc(Cl)c2)C(C)CC#N)o1. The number of nitriles is 1. The third kappa shape index (κ3) is 4.01. The Morgan fingerprint density at radius 3 is 2.68 bits per heavy atom. The number of benzene rings is 1. The number of hydrogen-bond acceptors (Lipinski definition) is 4. The van der Waals surface area contributed by atoms with Crippen molar-refractivity contribution >= 4 is 23.5 Å². The van der Waals surface area contributed by atoms with Gasteiger partial charge in [-0.05, 0) is 23.6 Å². The molecule has 1 heterocycles. The van der Waals surface area contributed by atoms with Crippen molar-refractivity contribution in [2.24, 2.45) is 5.92 Å². The summed E-state index contributed by atoms with van der Waals surface area (Å²) in [6.45, 7) is 1.82. The van der Waals surface area contributed by atoms with Crippen LogP contribution >= 0.6 is 11.6 Å². The molecule has 130 valence electrons. The van der Waals surface area contributed by atoms with E-state index >= 15 is 0 Å². The van der Waals surface area contributed by atoms with Crippen molar-refractivity contribution < 1.29 is 19.1 Å². The molecule has 1 amide bonds. The summed E-state index contributed by atoms with van der Waals surface area (Å²) in [5, 5.41) is 21.5. The van der Waals surface area contributed by atoms with Gasteiger partial charge >= 0.3 is 5.97 Å². The quantitative estimate of drug-likeness (QED) is 0.817. The molecule has 0 fully saturated rings. The maximum atomic E-state index is 11.8. The summed E-state index contributed by atoms with van der Waals surface area (Å²) in [5.41, 5.74) is 0.615. The van der Waals surface area contributed by atoms with Crippen LogP contribution in [0.1, 0.15) is 51.5 Å². The number of carbonyl (C=O) groups is 2. The second-order valence-corrected chi connectivity index (χ2v) is 6.08. The van der Waals surface area contributed by atoms with Crippen molar-refractivity contribution in [3.8, 4) is 6.07 Å². The standard InChI is InChI=1S/C18H17ClN2O4/c1-10(6-7-20)15(11-4-3-5-12(19)8-11)16-13(18(23)24)9-14(25-16)17(22)21-2/h3-5,8-10,15H,6H2,1-2H3,(H,21,22)(H,23,24). The fourth-order valence-electron chi connectivity index (χ4n) is 2.74. The van der Waals surface area contributed by atoms with Gasteiger partial charge in [0.05, 0.1) is 6.07 Å².